The van der Waals surface area contributed by atoms with Gasteiger partial charge in [-0.15, -0.1) is 5.10 Å². The molecule has 212 valence electrons. The number of rotatable bonds is 14. The number of nitrogens with zero attached hydrogens (tertiary/aromatic N) is 3. The van der Waals surface area contributed by atoms with Gasteiger partial charge >= 0.3 is 6.18 Å². The first-order chi connectivity index (χ1) is 19.3. The number of hydrogen-bond acceptors (Lipinski definition) is 6. The van der Waals surface area contributed by atoms with Crippen molar-refractivity contribution in [2.45, 2.75) is 37.8 Å². The van der Waals surface area contributed by atoms with Crippen molar-refractivity contribution in [1.29, 1.82) is 0 Å². The number of aromatic nitrogens is 3. The Balaban J connectivity index is 1.08. The van der Waals surface area contributed by atoms with E-state index in [-0.39, 0.29) is 39.4 Å². The Morgan fingerprint density at radius 1 is 0.725 bits per heavy atom. The fraction of sp³-hybridized carbons (Fsp3) is 0.333. The van der Waals surface area contributed by atoms with E-state index in [1.54, 1.807) is 6.20 Å². The molecule has 0 fully saturated rings. The molecule has 0 aliphatic rings. The Morgan fingerprint density at radius 2 is 1.30 bits per heavy atom. The van der Waals surface area contributed by atoms with E-state index in [2.05, 4.69) is 22.4 Å². The molecule has 2 N–H and O–H groups in total. The van der Waals surface area contributed by atoms with Gasteiger partial charge in [0.15, 0.2) is 0 Å². The molecule has 0 saturated heterocycles. The van der Waals surface area contributed by atoms with Crippen molar-refractivity contribution in [1.82, 2.24) is 15.0 Å². The molecule has 3 aromatic carbocycles. The number of hydrogen-bond donors (Lipinski definition) is 2. The summed E-state index contributed by atoms with van der Waals surface area (Å²) in [5.41, 5.74) is 3.78. The van der Waals surface area contributed by atoms with Crippen LogP contribution >= 0.6 is 0 Å². The predicted molar refractivity (Wildman–Crippen MR) is 144 cm³/mol. The maximum atomic E-state index is 12.7. The smallest absolute Gasteiger partial charge is 0.390 e. The van der Waals surface area contributed by atoms with Crippen LogP contribution in [0.1, 0.15) is 22.4 Å². The summed E-state index contributed by atoms with van der Waals surface area (Å²) in [6, 6.07) is 23.0. The topological polar surface area (TPSA) is 89.6 Å². The summed E-state index contributed by atoms with van der Waals surface area (Å²) < 4.78 is 50.6. The number of aliphatic hydroxyl groups excluding tert-OH is 2. The zero-order chi connectivity index (χ0) is 28.4. The van der Waals surface area contributed by atoms with Crippen molar-refractivity contribution in [3.8, 4) is 11.1 Å². The van der Waals surface area contributed by atoms with Crippen LogP contribution in [0.5, 0.6) is 0 Å². The van der Waals surface area contributed by atoms with Gasteiger partial charge in [-0.1, -0.05) is 71.9 Å². The number of halogens is 3. The first kappa shape index (κ1) is 29.4. The molecule has 0 bridgehead atoms. The Bertz CT molecular complexity index is 1300. The molecule has 2 atom stereocenters. The molecule has 0 radical (unpaired) electrons. The van der Waals surface area contributed by atoms with E-state index in [9.17, 15) is 23.4 Å². The molecule has 10 heteroatoms. The van der Waals surface area contributed by atoms with Crippen molar-refractivity contribution in [3.05, 3.63) is 107 Å². The lowest BCUT2D eigenvalue weighted by Gasteiger charge is -2.13. The molecular formula is C30H32F3N3O4. The first-order valence-electron chi connectivity index (χ1n) is 13.0. The summed E-state index contributed by atoms with van der Waals surface area (Å²) in [5.74, 6) is 0. The van der Waals surface area contributed by atoms with Crippen LogP contribution in [-0.2, 0) is 35.0 Å². The van der Waals surface area contributed by atoms with Crippen LogP contribution in [0.25, 0.3) is 11.1 Å². The van der Waals surface area contributed by atoms with E-state index in [0.29, 0.717) is 17.7 Å². The van der Waals surface area contributed by atoms with Crippen molar-refractivity contribution in [2.24, 2.45) is 0 Å². The maximum absolute atomic E-state index is 12.7. The molecule has 7 nitrogen and oxygen atoms in total. The van der Waals surface area contributed by atoms with Gasteiger partial charge in [-0.3, -0.25) is 0 Å². The van der Waals surface area contributed by atoms with Crippen LogP contribution in [0.15, 0.2) is 85.1 Å². The molecule has 0 aliphatic heterocycles. The van der Waals surface area contributed by atoms with Crippen molar-refractivity contribution >= 4 is 0 Å². The first-order valence-corrected chi connectivity index (χ1v) is 13.0. The molecular weight excluding hydrogens is 523 g/mol. The highest BCUT2D eigenvalue weighted by atomic mass is 19.4. The second-order valence-electron chi connectivity index (χ2n) is 9.53. The lowest BCUT2D eigenvalue weighted by molar-refractivity contribution is -0.137. The van der Waals surface area contributed by atoms with Crippen LogP contribution in [-0.4, -0.2) is 63.8 Å². The molecule has 1 aromatic heterocycles. The number of alkyl halides is 3. The monoisotopic (exact) mass is 555 g/mol. The summed E-state index contributed by atoms with van der Waals surface area (Å²) in [5, 5.41) is 28.5. The molecule has 0 saturated carbocycles. The quantitative estimate of drug-likeness (QED) is 0.222. The van der Waals surface area contributed by atoms with Crippen molar-refractivity contribution in [3.63, 3.8) is 0 Å². The van der Waals surface area contributed by atoms with Gasteiger partial charge in [0.2, 0.25) is 0 Å². The van der Waals surface area contributed by atoms with E-state index in [1.165, 1.54) is 16.8 Å². The fourth-order valence-electron chi connectivity index (χ4n) is 4.15. The number of aliphatic hydroxyl groups is 2. The summed E-state index contributed by atoms with van der Waals surface area (Å²) >= 11 is 0. The molecule has 40 heavy (non-hydrogen) atoms. The summed E-state index contributed by atoms with van der Waals surface area (Å²) in [6.45, 7) is 1.05. The van der Waals surface area contributed by atoms with Crippen molar-refractivity contribution in [2.75, 3.05) is 26.4 Å². The number of ether oxygens (including phenoxy) is 2. The molecule has 0 spiro atoms. The third kappa shape index (κ3) is 9.27. The molecule has 4 rings (SSSR count). The Kier molecular flexibility index (Phi) is 10.4. The Morgan fingerprint density at radius 3 is 1.93 bits per heavy atom. The van der Waals surface area contributed by atoms with Crippen LogP contribution in [0.3, 0.4) is 0 Å². The number of benzene rings is 3. The minimum atomic E-state index is -4.37. The molecule has 4 aromatic rings. The van der Waals surface area contributed by atoms with E-state index in [1.807, 2.05) is 42.5 Å². The van der Waals surface area contributed by atoms with Gasteiger partial charge < -0.3 is 19.7 Å². The highest BCUT2D eigenvalue weighted by molar-refractivity contribution is 5.63. The van der Waals surface area contributed by atoms with E-state index in [4.69, 9.17) is 9.47 Å². The second kappa shape index (κ2) is 14.2. The maximum Gasteiger partial charge on any atom is 0.416 e. The lowest BCUT2D eigenvalue weighted by Crippen LogP contribution is -2.22. The highest BCUT2D eigenvalue weighted by Gasteiger charge is 2.29. The van der Waals surface area contributed by atoms with Gasteiger partial charge in [0.25, 0.3) is 0 Å². The van der Waals surface area contributed by atoms with E-state index >= 15 is 0 Å². The molecule has 1 heterocycles. The largest absolute Gasteiger partial charge is 0.416 e. The van der Waals surface area contributed by atoms with Crippen molar-refractivity contribution < 1.29 is 32.9 Å². The van der Waals surface area contributed by atoms with Gasteiger partial charge in [-0.25, -0.2) is 4.68 Å². The van der Waals surface area contributed by atoms with E-state index < -0.39 is 23.9 Å². The van der Waals surface area contributed by atoms with Gasteiger partial charge in [0.05, 0.1) is 56.4 Å². The minimum absolute atomic E-state index is 0.0748. The molecule has 0 aliphatic carbocycles. The van der Waals surface area contributed by atoms with Crippen LogP contribution < -0.4 is 0 Å². The minimum Gasteiger partial charge on any atom is -0.390 e. The van der Waals surface area contributed by atoms with Gasteiger partial charge in [0, 0.05) is 19.0 Å². The van der Waals surface area contributed by atoms with Gasteiger partial charge in [0.1, 0.15) is 0 Å². The van der Waals surface area contributed by atoms with Gasteiger partial charge in [-0.2, -0.15) is 13.2 Å². The van der Waals surface area contributed by atoms with Gasteiger partial charge in [-0.05, 0) is 34.4 Å². The predicted octanol–water partition coefficient (Wildman–Crippen LogP) is 4.55. The van der Waals surface area contributed by atoms with Crippen LogP contribution in [0.2, 0.25) is 0 Å². The summed E-state index contributed by atoms with van der Waals surface area (Å²) in [4.78, 5) is 0. The summed E-state index contributed by atoms with van der Waals surface area (Å²) in [7, 11) is 0. The Labute approximate surface area is 230 Å². The second-order valence-corrected chi connectivity index (χ2v) is 9.53. The zero-order valence-electron chi connectivity index (χ0n) is 21.9. The third-order valence-electron chi connectivity index (χ3n) is 6.18. The Hall–Kier alpha value is -3.57. The molecule has 0 unspecified atom stereocenters. The normalized spacial score (nSPS) is 13.3. The fourth-order valence-corrected chi connectivity index (χ4v) is 4.15. The SMILES string of the molecule is O[C@H](COCCOC[C@@H](O)Cc1cn(Cc2ccc(C(F)(F)F)cc2)nn1)Cc1ccc(-c2ccccc2)cc1. The zero-order valence-corrected chi connectivity index (χ0v) is 21.9. The highest BCUT2D eigenvalue weighted by Crippen LogP contribution is 2.29. The van der Waals surface area contributed by atoms with Crippen LogP contribution in [0, 0.1) is 0 Å². The summed E-state index contributed by atoms with van der Waals surface area (Å²) in [6.07, 6.45) is -3.48. The van der Waals surface area contributed by atoms with Crippen LogP contribution in [0.4, 0.5) is 13.2 Å². The average molecular weight is 556 g/mol. The lowest BCUT2D eigenvalue weighted by atomic mass is 10.0. The average Bonchev–Trinajstić information content (AvgIpc) is 3.37. The van der Waals surface area contributed by atoms with E-state index in [0.717, 1.165) is 28.8 Å². The molecule has 0 amide bonds. The third-order valence-corrected chi connectivity index (χ3v) is 6.18. The standard InChI is InChI=1S/C30H32F3N3O4/c31-30(32,33)26-12-8-23(9-13-26)18-36-19-27(34-35-36)17-29(38)21-40-15-14-39-20-28(37)16-22-6-10-25(11-7-22)24-4-2-1-3-5-24/h1-13,19,28-29,37-38H,14-18,20-21H2/t28-,29-/m0/s1.